The topological polar surface area (TPSA) is 111 Å². The Bertz CT molecular complexity index is 1310. The van der Waals surface area contributed by atoms with Crippen molar-refractivity contribution < 1.29 is 21.0 Å². The van der Waals surface area contributed by atoms with Crippen LogP contribution in [-0.4, -0.2) is 56.7 Å². The molecule has 1 aliphatic rings. The zero-order valence-electron chi connectivity index (χ0n) is 17.5. The van der Waals surface area contributed by atoms with Crippen LogP contribution in [-0.2, 0) is 24.3 Å². The molecule has 166 valence electrons. The number of rotatable bonds is 7. The highest BCUT2D eigenvalue weighted by atomic mass is 32.2. The second-order valence-corrected chi connectivity index (χ2v) is 11.4. The van der Waals surface area contributed by atoms with Gasteiger partial charge in [0, 0.05) is 19.3 Å². The molecule has 1 saturated carbocycles. The molecule has 1 aliphatic carbocycles. The maximum Gasteiger partial charge on any atom is 0.269 e. The second-order valence-electron chi connectivity index (χ2n) is 7.96. The minimum atomic E-state index is -3.79. The van der Waals surface area contributed by atoms with Crippen molar-refractivity contribution in [3.63, 3.8) is 0 Å². The molecule has 0 atom stereocenters. The zero-order chi connectivity index (χ0) is 22.4. The molecule has 0 aliphatic heterocycles. The van der Waals surface area contributed by atoms with E-state index in [9.17, 15) is 16.8 Å². The Hall–Kier alpha value is -2.50. The average molecular weight is 465 g/mol. The van der Waals surface area contributed by atoms with Crippen molar-refractivity contribution in [1.82, 2.24) is 13.9 Å². The molecular weight excluding hydrogens is 440 g/mol. The number of aromatic nitrogens is 3. The monoisotopic (exact) mass is 464 g/mol. The number of nitrogens with zero attached hydrogens (tertiary/aromatic N) is 4. The minimum absolute atomic E-state index is 0.156. The summed E-state index contributed by atoms with van der Waals surface area (Å²) in [6.07, 6.45) is 5.43. The van der Waals surface area contributed by atoms with Gasteiger partial charge in [0.25, 0.3) is 20.1 Å². The van der Waals surface area contributed by atoms with Crippen molar-refractivity contribution in [3.8, 4) is 0 Å². The molecule has 2 heterocycles. The van der Waals surface area contributed by atoms with Crippen LogP contribution in [0.5, 0.6) is 0 Å². The predicted octanol–water partition coefficient (Wildman–Crippen LogP) is 2.17. The van der Waals surface area contributed by atoms with E-state index in [0.717, 1.165) is 24.7 Å². The predicted molar refractivity (Wildman–Crippen MR) is 117 cm³/mol. The first-order chi connectivity index (χ1) is 14.6. The molecule has 11 heteroatoms. The van der Waals surface area contributed by atoms with Crippen LogP contribution in [0.4, 0.5) is 5.82 Å². The fourth-order valence-corrected chi connectivity index (χ4v) is 5.50. The summed E-state index contributed by atoms with van der Waals surface area (Å²) in [7, 11) is -5.34. The molecule has 0 saturated heterocycles. The Morgan fingerprint density at radius 2 is 1.77 bits per heavy atom. The fraction of sp³-hybridized carbons (Fsp3) is 0.400. The summed E-state index contributed by atoms with van der Waals surface area (Å²) in [4.78, 5) is 10.8. The molecule has 1 aromatic carbocycles. The van der Waals surface area contributed by atoms with E-state index in [1.54, 1.807) is 30.3 Å². The summed E-state index contributed by atoms with van der Waals surface area (Å²) in [6, 6.07) is 8.54. The van der Waals surface area contributed by atoms with Gasteiger partial charge in [-0.05, 0) is 43.9 Å². The molecule has 1 fully saturated rings. The lowest BCUT2D eigenvalue weighted by atomic mass is 9.80. The van der Waals surface area contributed by atoms with Crippen molar-refractivity contribution in [3.05, 3.63) is 48.4 Å². The van der Waals surface area contributed by atoms with Gasteiger partial charge in [0.15, 0.2) is 5.65 Å². The third kappa shape index (κ3) is 4.30. The highest BCUT2D eigenvalue weighted by molar-refractivity contribution is 7.90. The van der Waals surface area contributed by atoms with Gasteiger partial charge < -0.3 is 4.90 Å². The molecule has 0 bridgehead atoms. The van der Waals surface area contributed by atoms with Gasteiger partial charge >= 0.3 is 0 Å². The first kappa shape index (κ1) is 21.7. The van der Waals surface area contributed by atoms with Crippen molar-refractivity contribution >= 4 is 37.0 Å². The van der Waals surface area contributed by atoms with Gasteiger partial charge in [0.1, 0.15) is 12.1 Å². The lowest BCUT2D eigenvalue weighted by molar-refractivity contribution is 0.162. The van der Waals surface area contributed by atoms with Crippen molar-refractivity contribution in [1.29, 1.82) is 0 Å². The number of hydrogen-bond acceptors (Lipinski definition) is 8. The molecule has 0 radical (unpaired) electrons. The van der Waals surface area contributed by atoms with E-state index in [1.165, 1.54) is 16.5 Å². The van der Waals surface area contributed by atoms with Crippen LogP contribution in [0, 0.1) is 12.8 Å². The van der Waals surface area contributed by atoms with Crippen molar-refractivity contribution in [2.24, 2.45) is 5.92 Å². The van der Waals surface area contributed by atoms with Crippen molar-refractivity contribution in [2.75, 3.05) is 24.8 Å². The first-order valence-corrected chi connectivity index (χ1v) is 13.0. The lowest BCUT2D eigenvalue weighted by Gasteiger charge is -2.41. The summed E-state index contributed by atoms with van der Waals surface area (Å²) >= 11 is 0. The molecule has 31 heavy (non-hydrogen) atoms. The normalized spacial score (nSPS) is 19.3. The Labute approximate surface area is 181 Å². The largest absolute Gasteiger partial charge is 0.356 e. The maximum absolute atomic E-state index is 13.1. The number of anilines is 1. The Balaban J connectivity index is 1.58. The Kier molecular flexibility index (Phi) is 5.52. The molecule has 0 amide bonds. The molecule has 4 rings (SSSR count). The molecule has 0 spiro atoms. The summed E-state index contributed by atoms with van der Waals surface area (Å²) < 4.78 is 54.6. The third-order valence-electron chi connectivity index (χ3n) is 5.62. The molecule has 0 unspecified atom stereocenters. The minimum Gasteiger partial charge on any atom is -0.356 e. The van der Waals surface area contributed by atoms with Gasteiger partial charge in [-0.25, -0.2) is 22.4 Å². The van der Waals surface area contributed by atoms with Crippen LogP contribution in [0.15, 0.2) is 47.8 Å². The maximum atomic E-state index is 13.1. The molecule has 9 nitrogen and oxygen atoms in total. The molecule has 3 aromatic rings. The third-order valence-corrected chi connectivity index (χ3v) is 7.86. The second kappa shape index (κ2) is 7.88. The van der Waals surface area contributed by atoms with Gasteiger partial charge in [-0.2, -0.15) is 8.42 Å². The van der Waals surface area contributed by atoms with Crippen LogP contribution in [0.3, 0.4) is 0 Å². The molecule has 2 aromatic heterocycles. The van der Waals surface area contributed by atoms with Gasteiger partial charge in [-0.15, -0.1) is 0 Å². The standard InChI is InChI=1S/C20H24N4O5S2/c1-14-4-6-17(7-5-14)31(27,28)24-9-8-18-19(21-13-22-20(18)24)23(2)16-10-15(11-16)12-29-30(3,25)26/h4-9,13,15-16H,10-12H2,1-3H3/t15-,16+. The number of benzene rings is 1. The number of fused-ring (bicyclic) bond motifs is 1. The summed E-state index contributed by atoms with van der Waals surface area (Å²) in [5.41, 5.74) is 1.29. The van der Waals surface area contributed by atoms with E-state index in [-0.39, 0.29) is 23.5 Å². The molecule has 0 N–H and O–H groups in total. The van der Waals surface area contributed by atoms with Gasteiger partial charge in [0.2, 0.25) is 0 Å². The van der Waals surface area contributed by atoms with E-state index in [4.69, 9.17) is 4.18 Å². The first-order valence-electron chi connectivity index (χ1n) is 9.78. The smallest absolute Gasteiger partial charge is 0.269 e. The van der Waals surface area contributed by atoms with E-state index < -0.39 is 20.1 Å². The van der Waals surface area contributed by atoms with Crippen molar-refractivity contribution in [2.45, 2.75) is 30.7 Å². The SMILES string of the molecule is Cc1ccc(S(=O)(=O)n2ccc3c(N(C)[C@H]4C[C@@H](COS(C)(=O)=O)C4)ncnc32)cc1. The quantitative estimate of drug-likeness (QED) is 0.489. The Morgan fingerprint density at radius 3 is 2.42 bits per heavy atom. The van der Waals surface area contributed by atoms with Crippen LogP contribution in [0.25, 0.3) is 11.0 Å². The van der Waals surface area contributed by atoms with Gasteiger partial charge in [0.05, 0.1) is 23.1 Å². The van der Waals surface area contributed by atoms with Gasteiger partial charge in [-0.1, -0.05) is 17.7 Å². The zero-order valence-corrected chi connectivity index (χ0v) is 19.1. The number of hydrogen-bond donors (Lipinski definition) is 0. The van der Waals surface area contributed by atoms with E-state index in [2.05, 4.69) is 9.97 Å². The van der Waals surface area contributed by atoms with E-state index in [0.29, 0.717) is 16.9 Å². The van der Waals surface area contributed by atoms with E-state index >= 15 is 0 Å². The highest BCUT2D eigenvalue weighted by Gasteiger charge is 2.34. The van der Waals surface area contributed by atoms with Crippen LogP contribution in [0.1, 0.15) is 18.4 Å². The van der Waals surface area contributed by atoms with Gasteiger partial charge in [-0.3, -0.25) is 4.18 Å². The average Bonchev–Trinajstić information content (AvgIpc) is 3.11. The summed E-state index contributed by atoms with van der Waals surface area (Å²) in [6.45, 7) is 2.07. The van der Waals surface area contributed by atoms with Crippen LogP contribution < -0.4 is 4.90 Å². The fourth-order valence-electron chi connectivity index (χ4n) is 3.76. The highest BCUT2D eigenvalue weighted by Crippen LogP contribution is 2.36. The van der Waals surface area contributed by atoms with Crippen LogP contribution >= 0.6 is 0 Å². The lowest BCUT2D eigenvalue weighted by Crippen LogP contribution is -2.44. The summed E-state index contributed by atoms with van der Waals surface area (Å²) in [5.74, 6) is 0.793. The Morgan fingerprint density at radius 1 is 1.10 bits per heavy atom. The van der Waals surface area contributed by atoms with Crippen LogP contribution in [0.2, 0.25) is 0 Å². The molecular formula is C20H24N4O5S2. The number of aryl methyl sites for hydroxylation is 1. The van der Waals surface area contributed by atoms with E-state index in [1.807, 2.05) is 18.9 Å². The summed E-state index contributed by atoms with van der Waals surface area (Å²) in [5, 5.41) is 0.636.